The SMILES string of the molecule is CC1(c2ccc(C(=O)[C@H]3C[C@@H]3C(=N)NC(=O)O)cc2Cl)COC1. The first-order valence-electron chi connectivity index (χ1n) is 7.32. The van der Waals surface area contributed by atoms with Crippen molar-refractivity contribution in [3.05, 3.63) is 34.3 Å². The van der Waals surface area contributed by atoms with Crippen molar-refractivity contribution in [3.8, 4) is 0 Å². The summed E-state index contributed by atoms with van der Waals surface area (Å²) in [6, 6.07) is 5.26. The normalized spacial score (nSPS) is 24.4. The van der Waals surface area contributed by atoms with Crippen molar-refractivity contribution in [3.63, 3.8) is 0 Å². The number of hydrogen-bond acceptors (Lipinski definition) is 4. The van der Waals surface area contributed by atoms with Gasteiger partial charge in [-0.05, 0) is 18.1 Å². The first kappa shape index (κ1) is 16.0. The van der Waals surface area contributed by atoms with Crippen LogP contribution in [0.1, 0.15) is 29.3 Å². The Morgan fingerprint density at radius 2 is 2.09 bits per heavy atom. The van der Waals surface area contributed by atoms with Gasteiger partial charge in [0.25, 0.3) is 0 Å². The Morgan fingerprint density at radius 3 is 2.61 bits per heavy atom. The number of amides is 1. The van der Waals surface area contributed by atoms with Crippen LogP contribution in [-0.2, 0) is 10.2 Å². The van der Waals surface area contributed by atoms with Crippen molar-refractivity contribution in [2.45, 2.75) is 18.8 Å². The molecule has 3 N–H and O–H groups in total. The number of hydrogen-bond donors (Lipinski definition) is 3. The van der Waals surface area contributed by atoms with Crippen LogP contribution in [0.5, 0.6) is 0 Å². The predicted octanol–water partition coefficient (Wildman–Crippen LogP) is 2.69. The van der Waals surface area contributed by atoms with Crippen LogP contribution in [0, 0.1) is 17.2 Å². The van der Waals surface area contributed by atoms with Crippen molar-refractivity contribution >= 4 is 29.3 Å². The first-order chi connectivity index (χ1) is 10.8. The van der Waals surface area contributed by atoms with Gasteiger partial charge in [0, 0.05) is 27.8 Å². The Hall–Kier alpha value is -1.92. The van der Waals surface area contributed by atoms with Gasteiger partial charge in [0.15, 0.2) is 5.78 Å². The van der Waals surface area contributed by atoms with E-state index in [9.17, 15) is 9.59 Å². The topological polar surface area (TPSA) is 99.5 Å². The second kappa shape index (κ2) is 5.62. The maximum atomic E-state index is 12.4. The fraction of sp³-hybridized carbons (Fsp3) is 0.438. The number of halogens is 1. The summed E-state index contributed by atoms with van der Waals surface area (Å²) in [4.78, 5) is 23.0. The average molecular weight is 337 g/mol. The Labute approximate surface area is 138 Å². The van der Waals surface area contributed by atoms with Crippen LogP contribution >= 0.6 is 11.6 Å². The number of carbonyl (C=O) groups excluding carboxylic acids is 1. The lowest BCUT2D eigenvalue weighted by atomic mass is 9.80. The molecule has 2 atom stereocenters. The summed E-state index contributed by atoms with van der Waals surface area (Å²) in [6.07, 6.45) is -0.792. The number of nitrogens with one attached hydrogen (secondary N) is 2. The van der Waals surface area contributed by atoms with Crippen molar-refractivity contribution in [1.82, 2.24) is 5.32 Å². The number of carbonyl (C=O) groups is 2. The predicted molar refractivity (Wildman–Crippen MR) is 84.4 cm³/mol. The van der Waals surface area contributed by atoms with Gasteiger partial charge >= 0.3 is 6.09 Å². The smallest absolute Gasteiger partial charge is 0.410 e. The highest BCUT2D eigenvalue weighted by Gasteiger charge is 2.46. The van der Waals surface area contributed by atoms with Gasteiger partial charge in [-0.1, -0.05) is 30.7 Å². The standard InChI is InChI=1S/C16H17ClN2O4/c1-16(6-23-7-16)11-3-2-8(4-12(11)17)13(20)9-5-10(9)14(18)19-15(21)22/h2-4,9-10H,5-7H2,1H3,(H2,18,19)(H,21,22)/t9-,10-/m0/s1. The first-order valence-corrected chi connectivity index (χ1v) is 7.70. The van der Waals surface area contributed by atoms with E-state index in [1.165, 1.54) is 0 Å². The molecule has 0 aromatic heterocycles. The van der Waals surface area contributed by atoms with Crippen LogP contribution in [-0.4, -0.2) is 36.0 Å². The van der Waals surface area contributed by atoms with Gasteiger partial charge < -0.3 is 9.84 Å². The lowest BCUT2D eigenvalue weighted by molar-refractivity contribution is -0.0499. The zero-order valence-corrected chi connectivity index (χ0v) is 13.3. The number of rotatable bonds is 4. The summed E-state index contributed by atoms with van der Waals surface area (Å²) in [5, 5.41) is 18.8. The largest absolute Gasteiger partial charge is 0.465 e. The summed E-state index contributed by atoms with van der Waals surface area (Å²) in [5.41, 5.74) is 1.36. The zero-order valence-electron chi connectivity index (χ0n) is 12.6. The molecule has 1 amide bonds. The maximum absolute atomic E-state index is 12.4. The zero-order chi connectivity index (χ0) is 16.8. The van der Waals surface area contributed by atoms with E-state index >= 15 is 0 Å². The molecule has 2 fully saturated rings. The fourth-order valence-electron chi connectivity index (χ4n) is 2.95. The highest BCUT2D eigenvalue weighted by Crippen LogP contribution is 2.42. The van der Waals surface area contributed by atoms with E-state index < -0.39 is 6.09 Å². The summed E-state index contributed by atoms with van der Waals surface area (Å²) in [7, 11) is 0. The van der Waals surface area contributed by atoms with E-state index in [0.29, 0.717) is 30.2 Å². The monoisotopic (exact) mass is 336 g/mol. The molecule has 0 unspecified atom stereocenters. The minimum atomic E-state index is -1.28. The molecule has 2 aliphatic rings. The van der Waals surface area contributed by atoms with Gasteiger partial charge in [0.2, 0.25) is 0 Å². The molecule has 0 spiro atoms. The van der Waals surface area contributed by atoms with Crippen LogP contribution in [0.2, 0.25) is 5.02 Å². The average Bonchev–Trinajstić information content (AvgIpc) is 3.23. The maximum Gasteiger partial charge on any atom is 0.410 e. The van der Waals surface area contributed by atoms with Gasteiger partial charge in [-0.2, -0.15) is 0 Å². The molecule has 0 radical (unpaired) electrons. The van der Waals surface area contributed by atoms with E-state index in [1.807, 2.05) is 11.4 Å². The van der Waals surface area contributed by atoms with Crippen LogP contribution in [0.4, 0.5) is 4.79 Å². The van der Waals surface area contributed by atoms with Crippen molar-refractivity contribution in [2.24, 2.45) is 11.8 Å². The molecular weight excluding hydrogens is 320 g/mol. The lowest BCUT2D eigenvalue weighted by Crippen LogP contribution is -2.44. The van der Waals surface area contributed by atoms with E-state index in [2.05, 4.69) is 6.92 Å². The van der Waals surface area contributed by atoms with Crippen LogP contribution in [0.3, 0.4) is 0 Å². The molecule has 1 aliphatic carbocycles. The minimum absolute atomic E-state index is 0.101. The summed E-state index contributed by atoms with van der Waals surface area (Å²) in [6.45, 7) is 3.29. The Bertz CT molecular complexity index is 699. The number of ether oxygens (including phenoxy) is 1. The second-order valence-corrected chi connectivity index (χ2v) is 6.81. The van der Waals surface area contributed by atoms with Crippen molar-refractivity contribution in [2.75, 3.05) is 13.2 Å². The molecule has 1 aromatic carbocycles. The van der Waals surface area contributed by atoms with Crippen LogP contribution in [0.15, 0.2) is 18.2 Å². The molecule has 6 nitrogen and oxygen atoms in total. The molecule has 23 heavy (non-hydrogen) atoms. The van der Waals surface area contributed by atoms with Gasteiger partial charge in [-0.15, -0.1) is 0 Å². The van der Waals surface area contributed by atoms with Crippen LogP contribution < -0.4 is 5.32 Å². The number of benzene rings is 1. The minimum Gasteiger partial charge on any atom is -0.465 e. The Morgan fingerprint density at radius 1 is 1.39 bits per heavy atom. The molecule has 1 saturated heterocycles. The molecule has 3 rings (SSSR count). The van der Waals surface area contributed by atoms with Crippen LogP contribution in [0.25, 0.3) is 0 Å². The van der Waals surface area contributed by atoms with Crippen molar-refractivity contribution in [1.29, 1.82) is 5.41 Å². The third-order valence-electron chi connectivity index (χ3n) is 4.48. The molecular formula is C16H17ClN2O4. The molecule has 1 aliphatic heterocycles. The lowest BCUT2D eigenvalue weighted by Gasteiger charge is -2.39. The molecule has 1 heterocycles. The van der Waals surface area contributed by atoms with Gasteiger partial charge in [-0.25, -0.2) is 4.79 Å². The highest BCUT2D eigenvalue weighted by molar-refractivity contribution is 6.32. The molecule has 1 saturated carbocycles. The summed E-state index contributed by atoms with van der Waals surface area (Å²) in [5.74, 6) is -0.929. The number of ketones is 1. The van der Waals surface area contributed by atoms with Gasteiger partial charge in [-0.3, -0.25) is 15.5 Å². The molecule has 1 aromatic rings. The van der Waals surface area contributed by atoms with Crippen molar-refractivity contribution < 1.29 is 19.4 Å². The fourth-order valence-corrected chi connectivity index (χ4v) is 3.36. The van der Waals surface area contributed by atoms with E-state index in [0.717, 1.165) is 5.56 Å². The quantitative estimate of drug-likeness (QED) is 0.447. The second-order valence-electron chi connectivity index (χ2n) is 6.40. The Kier molecular flexibility index (Phi) is 3.90. The number of amidine groups is 1. The third-order valence-corrected chi connectivity index (χ3v) is 4.80. The highest BCUT2D eigenvalue weighted by atomic mass is 35.5. The molecule has 122 valence electrons. The number of carboxylic acid groups (broad SMARTS) is 1. The third kappa shape index (κ3) is 2.96. The van der Waals surface area contributed by atoms with E-state index in [-0.39, 0.29) is 28.9 Å². The summed E-state index contributed by atoms with van der Waals surface area (Å²) < 4.78 is 5.24. The number of Topliss-reactive ketones (excluding diaryl/α,β-unsaturated/α-hetero) is 1. The Balaban J connectivity index is 1.71. The molecule has 7 heteroatoms. The van der Waals surface area contributed by atoms with E-state index in [4.69, 9.17) is 26.9 Å². The molecule has 0 bridgehead atoms. The summed E-state index contributed by atoms with van der Waals surface area (Å²) >= 11 is 6.32. The van der Waals surface area contributed by atoms with Gasteiger partial charge in [0.05, 0.1) is 13.2 Å². The van der Waals surface area contributed by atoms with E-state index in [1.54, 1.807) is 12.1 Å². The van der Waals surface area contributed by atoms with Gasteiger partial charge in [0.1, 0.15) is 5.84 Å².